The van der Waals surface area contributed by atoms with Gasteiger partial charge >= 0.3 is 5.69 Å². The van der Waals surface area contributed by atoms with Crippen molar-refractivity contribution in [2.45, 2.75) is 52.5 Å². The molecule has 3 aliphatic rings. The van der Waals surface area contributed by atoms with E-state index in [1.54, 1.807) is 16.7 Å². The Morgan fingerprint density at radius 1 is 1.02 bits per heavy atom. The summed E-state index contributed by atoms with van der Waals surface area (Å²) in [6.45, 7) is 13.4. The van der Waals surface area contributed by atoms with Crippen molar-refractivity contribution in [1.29, 1.82) is 0 Å². The van der Waals surface area contributed by atoms with E-state index in [4.69, 9.17) is 0 Å². The van der Waals surface area contributed by atoms with Gasteiger partial charge in [-0.15, -0.1) is 0 Å². The summed E-state index contributed by atoms with van der Waals surface area (Å²) >= 11 is 0. The molecule has 1 aliphatic carbocycles. The predicted octanol–water partition coefficient (Wildman–Crippen LogP) is 4.56. The monoisotopic (exact) mass is 623 g/mol. The highest BCUT2D eigenvalue weighted by Crippen LogP contribution is 2.43. The standard InChI is InChI=1S/C31H32F3N7O4/c1-7-23(42)38-8-9-39(17(6)13-38)29-20-12-21(33)26(19-10-18(32)11-22(34)28(19)43)41(45)30(20)40(31(44)37-29)27-24(15(2)3)35-14-36-25(27)16(4)5/h7,10-12,14-17,45H,1,8-9,13H2,2-6H3/b26-19-/t17-/m0/s1. The smallest absolute Gasteiger partial charge is 0.350 e. The minimum Gasteiger partial charge on any atom is -0.350 e. The Morgan fingerprint density at radius 2 is 1.67 bits per heavy atom. The van der Waals surface area contributed by atoms with Gasteiger partial charge in [-0.05, 0) is 37.0 Å². The van der Waals surface area contributed by atoms with Crippen LogP contribution < -0.4 is 15.7 Å². The zero-order chi connectivity index (χ0) is 32.9. The van der Waals surface area contributed by atoms with Crippen molar-refractivity contribution in [3.05, 3.63) is 87.3 Å². The van der Waals surface area contributed by atoms with Gasteiger partial charge in [0, 0.05) is 31.8 Å². The molecule has 0 radical (unpaired) electrons. The van der Waals surface area contributed by atoms with Crippen molar-refractivity contribution in [1.82, 2.24) is 24.4 Å². The first-order valence-corrected chi connectivity index (χ1v) is 14.4. The zero-order valence-corrected chi connectivity index (χ0v) is 25.4. The molecule has 1 atom stereocenters. The van der Waals surface area contributed by atoms with Gasteiger partial charge in [0.05, 0.1) is 28.2 Å². The number of nitrogens with zero attached hydrogens (tertiary/aromatic N) is 7. The van der Waals surface area contributed by atoms with Crippen LogP contribution in [0.3, 0.4) is 0 Å². The molecule has 0 saturated carbocycles. The first kappa shape index (κ1) is 31.6. The van der Waals surface area contributed by atoms with Gasteiger partial charge in [0.1, 0.15) is 23.7 Å². The van der Waals surface area contributed by atoms with E-state index in [0.717, 1.165) is 10.6 Å². The number of carbonyl (C=O) groups is 2. The van der Waals surface area contributed by atoms with Gasteiger partial charge in [-0.3, -0.25) is 14.8 Å². The second-order valence-corrected chi connectivity index (χ2v) is 11.5. The Morgan fingerprint density at radius 3 is 2.24 bits per heavy atom. The molecule has 2 aromatic heterocycles. The van der Waals surface area contributed by atoms with E-state index in [9.17, 15) is 28.4 Å². The van der Waals surface area contributed by atoms with Crippen molar-refractivity contribution in [3.8, 4) is 5.69 Å². The molecule has 4 heterocycles. The Bertz CT molecular complexity index is 1780. The Balaban J connectivity index is 1.85. The molecule has 5 rings (SSSR count). The molecule has 1 amide bonds. The summed E-state index contributed by atoms with van der Waals surface area (Å²) in [6, 6.07) is -0.411. The lowest BCUT2D eigenvalue weighted by Gasteiger charge is -2.41. The molecule has 11 nitrogen and oxygen atoms in total. The number of ketones is 1. The topological polar surface area (TPSA) is 125 Å². The highest BCUT2D eigenvalue weighted by molar-refractivity contribution is 6.12. The number of piperazine rings is 1. The number of fused-ring (bicyclic) bond motifs is 1. The molecule has 14 heteroatoms. The minimum absolute atomic E-state index is 0.000449. The fourth-order valence-electron chi connectivity index (χ4n) is 5.73. The Labute approximate surface area is 257 Å². The Kier molecular flexibility index (Phi) is 8.36. The normalized spacial score (nSPS) is 20.3. The lowest BCUT2D eigenvalue weighted by Crippen LogP contribution is -2.54. The largest absolute Gasteiger partial charge is 0.355 e. The fourth-order valence-corrected chi connectivity index (χ4v) is 5.73. The SMILES string of the molecule is C=CC(=O)N1CCN(c2nc(=O)n(-c3c(C(C)C)ncnc3C(C)C)c3c2C=C(F)/C(=C2\C=C(F)C=C(F)C2=O)N3O)[C@@H](C)C1. The van der Waals surface area contributed by atoms with E-state index in [1.807, 2.05) is 27.7 Å². The number of hydrogen-bond donors (Lipinski definition) is 1. The van der Waals surface area contributed by atoms with E-state index < -0.39 is 46.3 Å². The number of rotatable bonds is 5. The van der Waals surface area contributed by atoms with E-state index in [0.29, 0.717) is 23.5 Å². The van der Waals surface area contributed by atoms with Crippen LogP contribution >= 0.6 is 0 Å². The summed E-state index contributed by atoms with van der Waals surface area (Å²) in [5.41, 5.74) is -1.56. The number of Topliss-reactive ketones (excluding diaryl/α,β-unsaturated/α-hetero) is 1. The van der Waals surface area contributed by atoms with Crippen molar-refractivity contribution in [2.75, 3.05) is 29.6 Å². The highest BCUT2D eigenvalue weighted by Gasteiger charge is 2.39. The van der Waals surface area contributed by atoms with Crippen molar-refractivity contribution >= 4 is 29.4 Å². The van der Waals surface area contributed by atoms with Crippen LogP contribution in [0.1, 0.15) is 63.4 Å². The maximum atomic E-state index is 16.0. The molecular weight excluding hydrogens is 591 g/mol. The third-order valence-corrected chi connectivity index (χ3v) is 7.84. The van der Waals surface area contributed by atoms with Gasteiger partial charge in [-0.1, -0.05) is 34.3 Å². The third kappa shape index (κ3) is 5.39. The first-order chi connectivity index (χ1) is 21.3. The second-order valence-electron chi connectivity index (χ2n) is 11.5. The maximum absolute atomic E-state index is 16.0. The molecule has 0 spiro atoms. The Hall–Kier alpha value is -4.85. The summed E-state index contributed by atoms with van der Waals surface area (Å²) < 4.78 is 45.7. The minimum atomic E-state index is -1.49. The van der Waals surface area contributed by atoms with E-state index in [2.05, 4.69) is 21.5 Å². The fraction of sp³-hybridized carbons (Fsp3) is 0.355. The molecule has 236 valence electrons. The number of allylic oxidation sites excluding steroid dienone is 6. The molecule has 2 aliphatic heterocycles. The number of amides is 1. The van der Waals surface area contributed by atoms with Crippen molar-refractivity contribution in [2.24, 2.45) is 0 Å². The van der Waals surface area contributed by atoms with Gasteiger partial charge in [0.15, 0.2) is 17.5 Å². The van der Waals surface area contributed by atoms with Gasteiger partial charge < -0.3 is 9.80 Å². The average Bonchev–Trinajstić information content (AvgIpc) is 2.98. The van der Waals surface area contributed by atoms with Gasteiger partial charge in [0.2, 0.25) is 11.7 Å². The summed E-state index contributed by atoms with van der Waals surface area (Å²) in [5.74, 6) is -6.33. The molecule has 1 fully saturated rings. The predicted molar refractivity (Wildman–Crippen MR) is 161 cm³/mol. The average molecular weight is 624 g/mol. The number of hydroxylamine groups is 1. The molecule has 1 saturated heterocycles. The summed E-state index contributed by atoms with van der Waals surface area (Å²) in [6.07, 6.45) is 4.47. The third-order valence-electron chi connectivity index (χ3n) is 7.84. The van der Waals surface area contributed by atoms with Crippen LogP contribution in [-0.4, -0.2) is 67.0 Å². The van der Waals surface area contributed by atoms with Crippen LogP contribution in [0.4, 0.5) is 24.8 Å². The number of aromatic nitrogens is 4. The lowest BCUT2D eigenvalue weighted by molar-refractivity contribution is -0.126. The van der Waals surface area contributed by atoms with Gasteiger partial charge in [0.25, 0.3) is 0 Å². The van der Waals surface area contributed by atoms with E-state index in [-0.39, 0.29) is 65.3 Å². The molecule has 0 bridgehead atoms. The van der Waals surface area contributed by atoms with E-state index >= 15 is 4.39 Å². The molecule has 45 heavy (non-hydrogen) atoms. The second kappa shape index (κ2) is 11.9. The van der Waals surface area contributed by atoms with Gasteiger partial charge in [-0.2, -0.15) is 4.98 Å². The molecule has 0 aromatic carbocycles. The maximum Gasteiger partial charge on any atom is 0.355 e. The van der Waals surface area contributed by atoms with Crippen molar-refractivity contribution < 1.29 is 28.0 Å². The van der Waals surface area contributed by atoms with Crippen LogP contribution in [0.25, 0.3) is 11.8 Å². The van der Waals surface area contributed by atoms with Crippen molar-refractivity contribution in [3.63, 3.8) is 0 Å². The van der Waals surface area contributed by atoms with E-state index in [1.165, 1.54) is 12.4 Å². The summed E-state index contributed by atoms with van der Waals surface area (Å²) in [5, 5.41) is 12.0. The number of hydrogen-bond acceptors (Lipinski definition) is 9. The number of carbonyl (C=O) groups excluding carboxylic acids is 2. The lowest BCUT2D eigenvalue weighted by atomic mass is 9.98. The van der Waals surface area contributed by atoms with Gasteiger partial charge in [-0.25, -0.2) is 37.6 Å². The molecule has 0 unspecified atom stereocenters. The van der Waals surface area contributed by atoms with Crippen LogP contribution in [0.5, 0.6) is 0 Å². The van der Waals surface area contributed by atoms with Crippen LogP contribution in [-0.2, 0) is 9.59 Å². The van der Waals surface area contributed by atoms with Crippen LogP contribution in [0.15, 0.2) is 64.7 Å². The summed E-state index contributed by atoms with van der Waals surface area (Å²) in [7, 11) is 0. The zero-order valence-electron chi connectivity index (χ0n) is 25.4. The van der Waals surface area contributed by atoms with Crippen LogP contribution in [0.2, 0.25) is 0 Å². The molecular formula is C31H32F3N7O4. The number of anilines is 2. The molecule has 2 aromatic rings. The number of halogens is 3. The summed E-state index contributed by atoms with van der Waals surface area (Å²) in [4.78, 5) is 55.6. The molecule has 1 N–H and O–H groups in total. The highest BCUT2D eigenvalue weighted by atomic mass is 19.1. The quantitative estimate of drug-likeness (QED) is 0.478. The van der Waals surface area contributed by atoms with Crippen LogP contribution in [0, 0.1) is 0 Å². The first-order valence-electron chi connectivity index (χ1n) is 14.4.